The van der Waals surface area contributed by atoms with Gasteiger partial charge in [0, 0.05) is 25.2 Å². The van der Waals surface area contributed by atoms with Gasteiger partial charge in [0.2, 0.25) is 5.88 Å². The lowest BCUT2D eigenvalue weighted by Crippen LogP contribution is -2.25. The number of alkyl halides is 3. The second-order valence-corrected chi connectivity index (χ2v) is 6.49. The van der Waals surface area contributed by atoms with Gasteiger partial charge in [-0.1, -0.05) is 12.1 Å². The molecule has 4 nitrogen and oxygen atoms in total. The molecule has 1 aliphatic rings. The first-order valence-electron chi connectivity index (χ1n) is 8.53. The second kappa shape index (κ2) is 7.43. The van der Waals surface area contributed by atoms with E-state index in [9.17, 15) is 13.2 Å². The molecule has 0 bridgehead atoms. The van der Waals surface area contributed by atoms with Crippen LogP contribution in [0.1, 0.15) is 25.8 Å². The molecule has 7 heteroatoms. The highest BCUT2D eigenvalue weighted by Gasteiger charge is 2.31. The van der Waals surface area contributed by atoms with E-state index < -0.39 is 11.7 Å². The minimum atomic E-state index is -4.39. The van der Waals surface area contributed by atoms with Crippen molar-refractivity contribution in [3.8, 4) is 11.6 Å². The van der Waals surface area contributed by atoms with E-state index in [0.29, 0.717) is 6.54 Å². The maximum atomic E-state index is 12.6. The number of nitrogens with zero attached hydrogens (tertiary/aromatic N) is 2. The van der Waals surface area contributed by atoms with Gasteiger partial charge in [-0.15, -0.1) is 0 Å². The monoisotopic (exact) mass is 366 g/mol. The van der Waals surface area contributed by atoms with Crippen molar-refractivity contribution in [1.82, 2.24) is 4.98 Å². The van der Waals surface area contributed by atoms with E-state index in [0.717, 1.165) is 36.7 Å². The first kappa shape index (κ1) is 18.4. The summed E-state index contributed by atoms with van der Waals surface area (Å²) in [7, 11) is 0. The molecule has 1 aromatic heterocycles. The van der Waals surface area contributed by atoms with Gasteiger partial charge in [0.25, 0.3) is 0 Å². The molecule has 2 aromatic rings. The molecule has 0 amide bonds. The number of rotatable bonds is 5. The molecule has 140 valence electrons. The normalized spacial score (nSPS) is 17.6. The van der Waals surface area contributed by atoms with Gasteiger partial charge in [0.1, 0.15) is 11.9 Å². The first-order valence-corrected chi connectivity index (χ1v) is 8.53. The maximum Gasteiger partial charge on any atom is 0.417 e. The first-order chi connectivity index (χ1) is 12.3. The van der Waals surface area contributed by atoms with Gasteiger partial charge in [-0.25, -0.2) is 4.98 Å². The number of hydrogen-bond donors (Lipinski definition) is 0. The van der Waals surface area contributed by atoms with Crippen LogP contribution in [0.4, 0.5) is 18.9 Å². The summed E-state index contributed by atoms with van der Waals surface area (Å²) >= 11 is 0. The van der Waals surface area contributed by atoms with Crippen LogP contribution in [0.25, 0.3) is 0 Å². The highest BCUT2D eigenvalue weighted by Crippen LogP contribution is 2.33. The van der Waals surface area contributed by atoms with Gasteiger partial charge in [-0.2, -0.15) is 13.2 Å². The summed E-state index contributed by atoms with van der Waals surface area (Å²) < 4.78 is 49.4. The number of benzene rings is 1. The van der Waals surface area contributed by atoms with Crippen molar-refractivity contribution in [3.05, 3.63) is 48.2 Å². The molecule has 1 atom stereocenters. The Balaban J connectivity index is 1.64. The van der Waals surface area contributed by atoms with Crippen LogP contribution >= 0.6 is 0 Å². The number of halogens is 3. The zero-order valence-corrected chi connectivity index (χ0v) is 14.7. The summed E-state index contributed by atoms with van der Waals surface area (Å²) in [6.07, 6.45) is -2.89. The summed E-state index contributed by atoms with van der Waals surface area (Å²) in [6.45, 7) is 5.36. The highest BCUT2D eigenvalue weighted by atomic mass is 19.4. The number of aromatic nitrogens is 1. The predicted octanol–water partition coefficient (Wildman–Crippen LogP) is 4.55. The topological polar surface area (TPSA) is 34.6 Å². The lowest BCUT2D eigenvalue weighted by molar-refractivity contribution is -0.137. The van der Waals surface area contributed by atoms with E-state index in [1.807, 2.05) is 38.1 Å². The third-order valence-corrected chi connectivity index (χ3v) is 4.06. The molecule has 0 N–H and O–H groups in total. The van der Waals surface area contributed by atoms with Crippen molar-refractivity contribution < 1.29 is 22.6 Å². The van der Waals surface area contributed by atoms with Crippen molar-refractivity contribution in [2.45, 2.75) is 38.7 Å². The predicted molar refractivity (Wildman–Crippen MR) is 92.7 cm³/mol. The van der Waals surface area contributed by atoms with E-state index in [2.05, 4.69) is 9.88 Å². The third kappa shape index (κ3) is 4.39. The Morgan fingerprint density at radius 2 is 1.92 bits per heavy atom. The van der Waals surface area contributed by atoms with E-state index in [1.165, 1.54) is 6.07 Å². The molecule has 1 fully saturated rings. The molecule has 2 heterocycles. The van der Waals surface area contributed by atoms with Crippen LogP contribution in [0.2, 0.25) is 0 Å². The Bertz CT molecular complexity index is 732. The fourth-order valence-corrected chi connectivity index (χ4v) is 2.90. The van der Waals surface area contributed by atoms with E-state index in [4.69, 9.17) is 9.47 Å². The third-order valence-electron chi connectivity index (χ3n) is 4.06. The Hall–Kier alpha value is -2.44. The molecule has 0 radical (unpaired) electrons. The Kier molecular flexibility index (Phi) is 5.25. The highest BCUT2D eigenvalue weighted by molar-refractivity contribution is 5.59. The van der Waals surface area contributed by atoms with Crippen LogP contribution in [-0.4, -0.2) is 30.3 Å². The average Bonchev–Trinajstić information content (AvgIpc) is 3.03. The van der Waals surface area contributed by atoms with Crippen LogP contribution in [0.5, 0.6) is 11.6 Å². The number of hydrogen-bond acceptors (Lipinski definition) is 4. The number of pyridine rings is 1. The molecule has 1 aromatic carbocycles. The lowest BCUT2D eigenvalue weighted by atomic mass is 10.2. The van der Waals surface area contributed by atoms with Crippen LogP contribution < -0.4 is 14.4 Å². The maximum absolute atomic E-state index is 12.6. The van der Waals surface area contributed by atoms with E-state index in [-0.39, 0.29) is 18.1 Å². The summed E-state index contributed by atoms with van der Waals surface area (Å²) in [6, 6.07) is 10.1. The molecule has 1 saturated heterocycles. The second-order valence-electron chi connectivity index (χ2n) is 6.49. The molecule has 26 heavy (non-hydrogen) atoms. The zero-order chi connectivity index (χ0) is 18.7. The molecule has 0 unspecified atom stereocenters. The minimum absolute atomic E-state index is 0.0714. The molecule has 1 aliphatic heterocycles. The number of para-hydroxylation sites is 2. The molecule has 0 spiro atoms. The lowest BCUT2D eigenvalue weighted by Gasteiger charge is -2.23. The van der Waals surface area contributed by atoms with Crippen molar-refractivity contribution in [3.63, 3.8) is 0 Å². The van der Waals surface area contributed by atoms with Crippen molar-refractivity contribution in [2.75, 3.05) is 18.0 Å². The molecular formula is C19H21F3N2O2. The van der Waals surface area contributed by atoms with Crippen molar-refractivity contribution in [2.24, 2.45) is 0 Å². The Morgan fingerprint density at radius 1 is 1.15 bits per heavy atom. The quantitative estimate of drug-likeness (QED) is 0.778. The van der Waals surface area contributed by atoms with Gasteiger partial charge < -0.3 is 14.4 Å². The van der Waals surface area contributed by atoms with Crippen molar-refractivity contribution in [1.29, 1.82) is 0 Å². The average molecular weight is 366 g/mol. The molecule has 0 aliphatic carbocycles. The summed E-state index contributed by atoms with van der Waals surface area (Å²) in [5, 5.41) is 0. The fourth-order valence-electron chi connectivity index (χ4n) is 2.90. The van der Waals surface area contributed by atoms with Crippen molar-refractivity contribution >= 4 is 5.69 Å². The van der Waals surface area contributed by atoms with Crippen LogP contribution in [0.15, 0.2) is 42.6 Å². The molecular weight excluding hydrogens is 345 g/mol. The number of ether oxygens (including phenoxy) is 2. The number of anilines is 1. The van der Waals surface area contributed by atoms with Gasteiger partial charge >= 0.3 is 6.18 Å². The molecule has 3 rings (SSSR count). The standard InChI is InChI=1S/C19H21F3N2O2/c1-13(2)25-17-6-4-3-5-16(17)24-10-9-15(12-24)26-18-8-7-14(11-23-18)19(20,21)22/h3-8,11,13,15H,9-10,12H2,1-2H3/t15-/m0/s1. The van der Waals surface area contributed by atoms with E-state index >= 15 is 0 Å². The zero-order valence-electron chi connectivity index (χ0n) is 14.7. The van der Waals surface area contributed by atoms with E-state index in [1.54, 1.807) is 0 Å². The fraction of sp³-hybridized carbons (Fsp3) is 0.421. The van der Waals surface area contributed by atoms with Gasteiger partial charge in [0.05, 0.1) is 23.9 Å². The van der Waals surface area contributed by atoms with Crippen LogP contribution in [0.3, 0.4) is 0 Å². The summed E-state index contributed by atoms with van der Waals surface area (Å²) in [5.74, 6) is 1.02. The van der Waals surface area contributed by atoms with Gasteiger partial charge in [0.15, 0.2) is 0 Å². The molecule has 0 saturated carbocycles. The van der Waals surface area contributed by atoms with Crippen LogP contribution in [-0.2, 0) is 6.18 Å². The Labute approximate surface area is 150 Å². The summed E-state index contributed by atoms with van der Waals surface area (Å²) in [5.41, 5.74) is 0.213. The van der Waals surface area contributed by atoms with Gasteiger partial charge in [-0.3, -0.25) is 0 Å². The largest absolute Gasteiger partial charge is 0.489 e. The summed E-state index contributed by atoms with van der Waals surface area (Å²) in [4.78, 5) is 5.94. The Morgan fingerprint density at radius 3 is 2.58 bits per heavy atom. The smallest absolute Gasteiger partial charge is 0.417 e. The SMILES string of the molecule is CC(C)Oc1ccccc1N1CC[C@H](Oc2ccc(C(F)(F)F)cn2)C1. The van der Waals surface area contributed by atoms with Crippen LogP contribution in [0, 0.1) is 0 Å². The minimum Gasteiger partial charge on any atom is -0.489 e. The van der Waals surface area contributed by atoms with Gasteiger partial charge in [-0.05, 0) is 32.0 Å².